The molecule has 2 saturated heterocycles. The van der Waals surface area contributed by atoms with Crippen molar-refractivity contribution in [2.75, 3.05) is 29.4 Å². The van der Waals surface area contributed by atoms with Gasteiger partial charge in [-0.15, -0.1) is 13.2 Å². The Morgan fingerprint density at radius 1 is 1.00 bits per heavy atom. The molecule has 10 heteroatoms. The molecule has 0 unspecified atom stereocenters. The van der Waals surface area contributed by atoms with E-state index in [1.165, 1.54) is 23.5 Å². The topological polar surface area (TPSA) is 66.0 Å². The van der Waals surface area contributed by atoms with Gasteiger partial charge >= 0.3 is 12.4 Å². The second kappa shape index (κ2) is 8.44. The number of piperidine rings is 1. The second-order valence-corrected chi connectivity index (χ2v) is 7.48. The number of rotatable bonds is 5. The predicted molar refractivity (Wildman–Crippen MR) is 107 cm³/mol. The van der Waals surface area contributed by atoms with E-state index in [0.29, 0.717) is 0 Å². The summed E-state index contributed by atoms with van der Waals surface area (Å²) in [6.07, 6.45) is 0.327. The number of imide groups is 1. The zero-order chi connectivity index (χ0) is 22.0. The number of pyridine rings is 1. The highest BCUT2D eigenvalue weighted by Gasteiger charge is 2.37. The van der Waals surface area contributed by atoms with Gasteiger partial charge in [-0.25, -0.2) is 14.7 Å². The Bertz CT molecular complexity index is 959. The smallest absolute Gasteiger partial charge is 0.406 e. The van der Waals surface area contributed by atoms with Gasteiger partial charge in [-0.3, -0.25) is 4.79 Å². The van der Waals surface area contributed by atoms with Crippen LogP contribution >= 0.6 is 0 Å². The highest BCUT2D eigenvalue weighted by atomic mass is 19.4. The maximum absolute atomic E-state index is 12.8. The highest BCUT2D eigenvalue weighted by Crippen LogP contribution is 2.28. The molecule has 2 aromatic rings. The van der Waals surface area contributed by atoms with Gasteiger partial charge < -0.3 is 14.5 Å². The van der Waals surface area contributed by atoms with E-state index in [-0.39, 0.29) is 18.8 Å². The lowest BCUT2D eigenvalue weighted by Crippen LogP contribution is -2.33. The van der Waals surface area contributed by atoms with Gasteiger partial charge in [-0.1, -0.05) is 0 Å². The van der Waals surface area contributed by atoms with Crippen molar-refractivity contribution in [3.05, 3.63) is 48.2 Å². The van der Waals surface area contributed by atoms with Crippen LogP contribution in [0, 0.1) is 0 Å². The summed E-state index contributed by atoms with van der Waals surface area (Å²) in [6, 6.07) is 7.85. The lowest BCUT2D eigenvalue weighted by Gasteiger charge is -2.28. The van der Waals surface area contributed by atoms with Crippen LogP contribution in [-0.2, 0) is 11.3 Å². The minimum Gasteiger partial charge on any atom is -0.406 e. The number of aromatic nitrogens is 1. The molecule has 0 spiro atoms. The zero-order valence-corrected chi connectivity index (χ0v) is 16.6. The van der Waals surface area contributed by atoms with Crippen LogP contribution in [-0.4, -0.2) is 47.8 Å². The maximum Gasteiger partial charge on any atom is 0.573 e. The monoisotopic (exact) mass is 434 g/mol. The molecule has 1 aromatic carbocycles. The van der Waals surface area contributed by atoms with Crippen molar-refractivity contribution in [2.24, 2.45) is 0 Å². The molecule has 0 N–H and O–H groups in total. The van der Waals surface area contributed by atoms with Crippen molar-refractivity contribution in [1.82, 2.24) is 9.88 Å². The predicted octanol–water partition coefficient (Wildman–Crippen LogP) is 3.94. The van der Waals surface area contributed by atoms with E-state index >= 15 is 0 Å². The molecule has 3 amide bonds. The third kappa shape index (κ3) is 4.89. The summed E-state index contributed by atoms with van der Waals surface area (Å²) in [5.41, 5.74) is 1.04. The van der Waals surface area contributed by atoms with Gasteiger partial charge in [0.05, 0.1) is 5.69 Å². The molecule has 31 heavy (non-hydrogen) atoms. The van der Waals surface area contributed by atoms with Crippen molar-refractivity contribution >= 4 is 23.4 Å². The summed E-state index contributed by atoms with van der Waals surface area (Å²) in [5.74, 6) is -0.0127. The van der Waals surface area contributed by atoms with E-state index in [0.717, 1.165) is 54.3 Å². The molecule has 1 aromatic heterocycles. The van der Waals surface area contributed by atoms with Crippen LogP contribution in [0.3, 0.4) is 0 Å². The molecule has 2 fully saturated rings. The van der Waals surface area contributed by atoms with Crippen LogP contribution in [0.1, 0.15) is 24.8 Å². The molecule has 0 aliphatic carbocycles. The summed E-state index contributed by atoms with van der Waals surface area (Å²) in [4.78, 5) is 34.3. The highest BCUT2D eigenvalue weighted by molar-refractivity contribution is 6.19. The normalized spacial score (nSPS) is 17.5. The van der Waals surface area contributed by atoms with Gasteiger partial charge in [0.2, 0.25) is 0 Å². The van der Waals surface area contributed by atoms with Crippen molar-refractivity contribution in [3.8, 4) is 5.75 Å². The first-order valence-electron chi connectivity index (χ1n) is 9.98. The third-order valence-electron chi connectivity index (χ3n) is 5.23. The van der Waals surface area contributed by atoms with Crippen LogP contribution in [0.15, 0.2) is 42.6 Å². The van der Waals surface area contributed by atoms with E-state index in [2.05, 4.69) is 14.6 Å². The summed E-state index contributed by atoms with van der Waals surface area (Å²) in [6.45, 7) is 2.01. The minimum absolute atomic E-state index is 0.110. The van der Waals surface area contributed by atoms with Gasteiger partial charge in [0, 0.05) is 25.8 Å². The Morgan fingerprint density at radius 2 is 1.71 bits per heavy atom. The number of hydrogen-bond acceptors (Lipinski definition) is 5. The SMILES string of the molecule is O=C1CN(Cc2ccnc(N3CCCCC3)c2)C(=O)N1c1ccc(OC(F)(F)F)cc1. The fourth-order valence-electron chi connectivity index (χ4n) is 3.80. The number of alkyl halides is 3. The van der Waals surface area contributed by atoms with Gasteiger partial charge in [0.1, 0.15) is 18.1 Å². The van der Waals surface area contributed by atoms with Crippen LogP contribution in [0.2, 0.25) is 0 Å². The van der Waals surface area contributed by atoms with Crippen molar-refractivity contribution < 1.29 is 27.5 Å². The number of nitrogens with zero attached hydrogens (tertiary/aromatic N) is 4. The van der Waals surface area contributed by atoms with Gasteiger partial charge in [-0.2, -0.15) is 0 Å². The number of urea groups is 1. The number of ether oxygens (including phenoxy) is 1. The lowest BCUT2D eigenvalue weighted by atomic mass is 10.1. The Hall–Kier alpha value is -3.30. The molecular formula is C21H21F3N4O3. The second-order valence-electron chi connectivity index (χ2n) is 7.48. The molecule has 3 heterocycles. The minimum atomic E-state index is -4.81. The molecule has 164 valence electrons. The number of amides is 3. The summed E-state index contributed by atoms with van der Waals surface area (Å²) in [7, 11) is 0. The lowest BCUT2D eigenvalue weighted by molar-refractivity contribution is -0.274. The van der Waals surface area contributed by atoms with E-state index in [9.17, 15) is 22.8 Å². The number of hydrogen-bond donors (Lipinski definition) is 0. The number of carbonyl (C=O) groups excluding carboxylic acids is 2. The summed E-state index contributed by atoms with van der Waals surface area (Å²) < 4.78 is 40.8. The Labute approximate surface area is 177 Å². The van der Waals surface area contributed by atoms with E-state index < -0.39 is 24.1 Å². The largest absolute Gasteiger partial charge is 0.573 e. The van der Waals surface area contributed by atoms with Crippen LogP contribution < -0.4 is 14.5 Å². The number of anilines is 2. The van der Waals surface area contributed by atoms with Crippen molar-refractivity contribution in [3.63, 3.8) is 0 Å². The Kier molecular flexibility index (Phi) is 5.71. The Balaban J connectivity index is 1.45. The van der Waals surface area contributed by atoms with E-state index in [1.807, 2.05) is 6.07 Å². The first-order valence-corrected chi connectivity index (χ1v) is 9.98. The Morgan fingerprint density at radius 3 is 2.39 bits per heavy atom. The first kappa shape index (κ1) is 21.0. The fraction of sp³-hybridized carbons (Fsp3) is 0.381. The maximum atomic E-state index is 12.8. The third-order valence-corrected chi connectivity index (χ3v) is 5.23. The standard InChI is InChI=1S/C21H21F3N4O3/c22-21(23,24)31-17-6-4-16(5-7-17)28-19(29)14-27(20(28)30)13-15-8-9-25-18(12-15)26-10-2-1-3-11-26/h4-9,12H,1-3,10-11,13-14H2. The molecule has 2 aliphatic rings. The molecule has 0 saturated carbocycles. The average Bonchev–Trinajstić information content (AvgIpc) is 3.01. The molecule has 4 rings (SSSR count). The summed E-state index contributed by atoms with van der Waals surface area (Å²) in [5, 5.41) is 0. The summed E-state index contributed by atoms with van der Waals surface area (Å²) >= 11 is 0. The number of halogens is 3. The molecule has 0 bridgehead atoms. The van der Waals surface area contributed by atoms with E-state index in [4.69, 9.17) is 0 Å². The van der Waals surface area contributed by atoms with E-state index in [1.54, 1.807) is 12.3 Å². The molecule has 0 atom stereocenters. The van der Waals surface area contributed by atoms with Gasteiger partial charge in [0.25, 0.3) is 5.91 Å². The van der Waals surface area contributed by atoms with Crippen LogP contribution in [0.4, 0.5) is 29.5 Å². The number of benzene rings is 1. The first-order chi connectivity index (χ1) is 14.8. The van der Waals surface area contributed by atoms with Crippen LogP contribution in [0.25, 0.3) is 0 Å². The molecular weight excluding hydrogens is 413 g/mol. The quantitative estimate of drug-likeness (QED) is 0.667. The molecule has 2 aliphatic heterocycles. The van der Waals surface area contributed by atoms with Gasteiger partial charge in [-0.05, 0) is 61.2 Å². The zero-order valence-electron chi connectivity index (χ0n) is 16.6. The average molecular weight is 434 g/mol. The van der Waals surface area contributed by atoms with Crippen molar-refractivity contribution in [2.45, 2.75) is 32.2 Å². The fourth-order valence-corrected chi connectivity index (χ4v) is 3.80. The van der Waals surface area contributed by atoms with Crippen molar-refractivity contribution in [1.29, 1.82) is 0 Å². The molecule has 7 nitrogen and oxygen atoms in total. The van der Waals surface area contributed by atoms with Crippen LogP contribution in [0.5, 0.6) is 5.75 Å². The molecule has 0 radical (unpaired) electrons. The van der Waals surface area contributed by atoms with Gasteiger partial charge in [0.15, 0.2) is 0 Å². The number of carbonyl (C=O) groups is 2.